The minimum atomic E-state index is -3.87. The average Bonchev–Trinajstić information content (AvgIpc) is 3.25. The number of hydrogen-bond acceptors (Lipinski definition) is 5. The molecule has 1 saturated heterocycles. The normalized spacial score (nSPS) is 20.3. The van der Waals surface area contributed by atoms with Gasteiger partial charge in [0.25, 0.3) is 0 Å². The number of carbonyl (C=O) groups is 1. The van der Waals surface area contributed by atoms with E-state index in [-0.39, 0.29) is 11.4 Å². The molecule has 1 heterocycles. The molecule has 1 aliphatic carbocycles. The summed E-state index contributed by atoms with van der Waals surface area (Å²) in [6.45, 7) is 0.239. The fourth-order valence-corrected chi connectivity index (χ4v) is 6.27. The second-order valence-corrected chi connectivity index (χ2v) is 10.4. The van der Waals surface area contributed by atoms with E-state index >= 15 is 0 Å². The van der Waals surface area contributed by atoms with Crippen LogP contribution >= 0.6 is 0 Å². The summed E-state index contributed by atoms with van der Waals surface area (Å²) in [7, 11) is -0.0686. The van der Waals surface area contributed by atoms with E-state index in [1.165, 1.54) is 32.1 Å². The summed E-state index contributed by atoms with van der Waals surface area (Å²) in [5.41, 5.74) is 6.55. The molecule has 8 heteroatoms. The highest BCUT2D eigenvalue weighted by atomic mass is 32.2. The van der Waals surface area contributed by atoms with E-state index in [1.807, 2.05) is 37.2 Å². The molecule has 2 fully saturated rings. The highest BCUT2D eigenvalue weighted by Gasteiger charge is 2.40. The summed E-state index contributed by atoms with van der Waals surface area (Å²) in [6, 6.07) is 10.2. The molecule has 0 radical (unpaired) electrons. The monoisotopic (exact) mass is 447 g/mol. The van der Waals surface area contributed by atoms with E-state index in [4.69, 9.17) is 5.73 Å². The maximum Gasteiger partial charge on any atom is 0.322 e. The lowest BCUT2D eigenvalue weighted by Crippen LogP contribution is -2.40. The molecule has 2 aromatic rings. The number of nitrogens with two attached hydrogens (primary N) is 1. The van der Waals surface area contributed by atoms with Crippen LogP contribution in [0, 0.1) is 0 Å². The smallest absolute Gasteiger partial charge is 0.322 e. The van der Waals surface area contributed by atoms with Crippen molar-refractivity contribution in [3.05, 3.63) is 36.4 Å². The van der Waals surface area contributed by atoms with Gasteiger partial charge in [-0.1, -0.05) is 43.5 Å². The lowest BCUT2D eigenvalue weighted by molar-refractivity contribution is -0.140. The van der Waals surface area contributed by atoms with Crippen molar-refractivity contribution in [3.63, 3.8) is 0 Å². The molecule has 0 spiro atoms. The molecule has 7 nitrogen and oxygen atoms in total. The number of carboxylic acids is 1. The van der Waals surface area contributed by atoms with E-state index < -0.39 is 22.0 Å². The largest absolute Gasteiger partial charge is 0.480 e. The summed E-state index contributed by atoms with van der Waals surface area (Å²) < 4.78 is 27.3. The Kier molecular flexibility index (Phi) is 7.56. The van der Waals surface area contributed by atoms with Gasteiger partial charge in [-0.25, -0.2) is 8.42 Å². The molecule has 0 unspecified atom stereocenters. The molecule has 0 amide bonds. The summed E-state index contributed by atoms with van der Waals surface area (Å²) in [5, 5.41) is 10.8. The molecule has 0 bridgehead atoms. The number of anilines is 1. The Morgan fingerprint density at radius 1 is 1.00 bits per heavy atom. The van der Waals surface area contributed by atoms with Crippen LogP contribution in [-0.2, 0) is 14.8 Å². The molecule has 0 aromatic heterocycles. The Hall–Kier alpha value is -2.16. The summed E-state index contributed by atoms with van der Waals surface area (Å²) in [5.74, 6) is -1.09. The van der Waals surface area contributed by atoms with Gasteiger partial charge >= 0.3 is 5.97 Å². The Morgan fingerprint density at radius 3 is 2.23 bits per heavy atom. The lowest BCUT2D eigenvalue weighted by Gasteiger charge is -2.23. The zero-order chi connectivity index (χ0) is 22.6. The minimum absolute atomic E-state index is 0.164. The van der Waals surface area contributed by atoms with E-state index in [9.17, 15) is 18.3 Å². The van der Waals surface area contributed by atoms with Crippen LogP contribution in [0.3, 0.4) is 0 Å². The van der Waals surface area contributed by atoms with Gasteiger partial charge in [-0.3, -0.25) is 4.79 Å². The first kappa shape index (κ1) is 23.5. The zero-order valence-electron chi connectivity index (χ0n) is 18.3. The number of carboxylic acid groups (broad SMARTS) is 1. The van der Waals surface area contributed by atoms with E-state index in [0.29, 0.717) is 24.3 Å². The predicted octanol–water partition coefficient (Wildman–Crippen LogP) is 3.42. The molecule has 2 aromatic carbocycles. The Bertz CT molecular complexity index is 1020. The van der Waals surface area contributed by atoms with Gasteiger partial charge in [0.1, 0.15) is 6.04 Å². The van der Waals surface area contributed by atoms with Gasteiger partial charge < -0.3 is 15.7 Å². The van der Waals surface area contributed by atoms with Crippen LogP contribution in [-0.4, -0.2) is 56.5 Å². The number of hydrogen-bond donors (Lipinski definition) is 2. The van der Waals surface area contributed by atoms with Gasteiger partial charge in [0, 0.05) is 43.1 Å². The Labute approximate surface area is 184 Å². The van der Waals surface area contributed by atoms with Crippen molar-refractivity contribution in [2.75, 3.05) is 25.5 Å². The maximum absolute atomic E-state index is 13.1. The molecule has 1 aliphatic heterocycles. The van der Waals surface area contributed by atoms with Crippen molar-refractivity contribution in [1.82, 2.24) is 4.31 Å². The van der Waals surface area contributed by atoms with Crippen molar-refractivity contribution in [2.45, 2.75) is 61.9 Å². The maximum atomic E-state index is 13.1. The van der Waals surface area contributed by atoms with Crippen LogP contribution in [0.4, 0.5) is 5.69 Å². The molecule has 2 aliphatic rings. The Balaban J connectivity index is 0.000000330. The standard InChI is InChI=1S/C17H20N2O4S.C6H13N/c1-18(2)14-8-3-7-13-12(14)6-4-10-16(13)24(22,23)19-11-5-9-15(19)17(20)21;7-6-4-2-1-3-5-6/h3-4,6-8,10,15H,5,9,11H2,1-2H3,(H,20,21);6H,1-5,7H2/t15-;/m1./s1. The zero-order valence-corrected chi connectivity index (χ0v) is 19.1. The predicted molar refractivity (Wildman–Crippen MR) is 124 cm³/mol. The molecule has 1 atom stereocenters. The van der Waals surface area contributed by atoms with E-state index in [2.05, 4.69) is 0 Å². The number of aliphatic carboxylic acids is 1. The van der Waals surface area contributed by atoms with Crippen molar-refractivity contribution in [3.8, 4) is 0 Å². The van der Waals surface area contributed by atoms with Crippen LogP contribution in [0.5, 0.6) is 0 Å². The fraction of sp³-hybridized carbons (Fsp3) is 0.522. The van der Waals surface area contributed by atoms with Gasteiger partial charge in [-0.2, -0.15) is 4.31 Å². The molecule has 4 rings (SSSR count). The highest BCUT2D eigenvalue weighted by Crippen LogP contribution is 2.34. The quantitative estimate of drug-likeness (QED) is 0.744. The first-order valence-electron chi connectivity index (χ1n) is 10.9. The lowest BCUT2D eigenvalue weighted by atomic mass is 9.97. The van der Waals surface area contributed by atoms with Crippen LogP contribution in [0.1, 0.15) is 44.9 Å². The van der Waals surface area contributed by atoms with Crippen molar-refractivity contribution in [2.24, 2.45) is 5.73 Å². The van der Waals surface area contributed by atoms with Gasteiger partial charge in [0.05, 0.1) is 4.90 Å². The topological polar surface area (TPSA) is 104 Å². The average molecular weight is 448 g/mol. The third-order valence-electron chi connectivity index (χ3n) is 6.07. The third kappa shape index (κ3) is 5.19. The first-order valence-corrected chi connectivity index (χ1v) is 12.4. The minimum Gasteiger partial charge on any atom is -0.480 e. The van der Waals surface area contributed by atoms with Crippen LogP contribution in [0.15, 0.2) is 41.3 Å². The second-order valence-electron chi connectivity index (χ2n) is 8.53. The number of sulfonamides is 1. The summed E-state index contributed by atoms with van der Waals surface area (Å²) in [4.78, 5) is 13.5. The van der Waals surface area contributed by atoms with Crippen LogP contribution in [0.2, 0.25) is 0 Å². The molecular formula is C23H33N3O4S. The highest BCUT2D eigenvalue weighted by molar-refractivity contribution is 7.89. The van der Waals surface area contributed by atoms with Crippen LogP contribution < -0.4 is 10.6 Å². The molecule has 3 N–H and O–H groups in total. The van der Waals surface area contributed by atoms with Gasteiger partial charge in [-0.05, 0) is 37.8 Å². The fourth-order valence-electron chi connectivity index (χ4n) is 4.41. The molecule has 170 valence electrons. The molecular weight excluding hydrogens is 414 g/mol. The van der Waals surface area contributed by atoms with Crippen molar-refractivity contribution < 1.29 is 18.3 Å². The molecule has 31 heavy (non-hydrogen) atoms. The Morgan fingerprint density at radius 2 is 1.65 bits per heavy atom. The third-order valence-corrected chi connectivity index (χ3v) is 8.03. The van der Waals surface area contributed by atoms with Crippen molar-refractivity contribution in [1.29, 1.82) is 0 Å². The van der Waals surface area contributed by atoms with E-state index in [1.54, 1.807) is 18.2 Å². The number of fused-ring (bicyclic) bond motifs is 1. The van der Waals surface area contributed by atoms with Crippen LogP contribution in [0.25, 0.3) is 10.8 Å². The van der Waals surface area contributed by atoms with Gasteiger partial charge in [0.15, 0.2) is 0 Å². The van der Waals surface area contributed by atoms with E-state index in [0.717, 1.165) is 15.4 Å². The summed E-state index contributed by atoms with van der Waals surface area (Å²) in [6.07, 6.45) is 7.57. The number of nitrogens with zero attached hydrogens (tertiary/aromatic N) is 2. The SMILES string of the molecule is CN(C)c1cccc2c(S(=O)(=O)N3CCC[C@@H]3C(=O)O)cccc12.NC1CCCCC1. The van der Waals surface area contributed by atoms with Gasteiger partial charge in [0.2, 0.25) is 10.0 Å². The van der Waals surface area contributed by atoms with Gasteiger partial charge in [-0.15, -0.1) is 0 Å². The molecule has 1 saturated carbocycles. The first-order chi connectivity index (χ1) is 14.7. The van der Waals surface area contributed by atoms with Crippen molar-refractivity contribution >= 4 is 32.5 Å². The second kappa shape index (κ2) is 9.97. The number of benzene rings is 2. The number of rotatable bonds is 4. The summed E-state index contributed by atoms with van der Waals surface area (Å²) >= 11 is 0.